The van der Waals surface area contributed by atoms with Crippen molar-refractivity contribution in [2.45, 2.75) is 206 Å². The number of hydrogen-bond acceptors (Lipinski definition) is 23. The predicted octanol–water partition coefficient (Wildman–Crippen LogP) is 8.85. The first-order valence-corrected chi connectivity index (χ1v) is 37.3. The Morgan fingerprint density at radius 2 is 1.16 bits per heavy atom. The number of carbonyl (C=O) groups is 4. The van der Waals surface area contributed by atoms with Crippen molar-refractivity contribution in [3.63, 3.8) is 0 Å². The first kappa shape index (κ1) is 66.4. The molecule has 2 aliphatic rings. The Hall–Kier alpha value is -5.73. The molecule has 2 unspecified atom stereocenters. The van der Waals surface area contributed by atoms with Gasteiger partial charge >= 0.3 is 34.3 Å². The number of nitrogens with zero attached hydrogens (tertiary/aromatic N) is 4. The van der Waals surface area contributed by atoms with E-state index in [9.17, 15) is 27.6 Å². The van der Waals surface area contributed by atoms with Crippen LogP contribution in [-0.2, 0) is 77.9 Å². The Labute approximate surface area is 489 Å². The fourth-order valence-electron chi connectivity index (χ4n) is 8.13. The highest BCUT2D eigenvalue weighted by atomic mass is 32.3. The van der Waals surface area contributed by atoms with Gasteiger partial charge in [-0.1, -0.05) is 86.6 Å². The Morgan fingerprint density at radius 1 is 0.627 bits per heavy atom. The van der Waals surface area contributed by atoms with Gasteiger partial charge in [-0.3, -0.25) is 23.7 Å². The van der Waals surface area contributed by atoms with Crippen molar-refractivity contribution in [2.24, 2.45) is 0 Å². The van der Waals surface area contributed by atoms with Crippen molar-refractivity contribution >= 4 is 76.3 Å². The van der Waals surface area contributed by atoms with Crippen LogP contribution in [0.4, 0.5) is 5.95 Å². The van der Waals surface area contributed by atoms with Gasteiger partial charge in [0, 0.05) is 27.7 Å². The van der Waals surface area contributed by atoms with E-state index in [2.05, 4.69) is 112 Å². The van der Waals surface area contributed by atoms with E-state index in [0.29, 0.717) is 16.7 Å². The molecule has 83 heavy (non-hydrogen) atoms. The number of benzene rings is 2. The minimum atomic E-state index is -4.92. The fraction of sp³-hybridized carbons (Fsp3) is 0.618. The lowest BCUT2D eigenvalue weighted by molar-refractivity contribution is -0.288. The molecule has 6 rings (SSSR count). The average Bonchev–Trinajstić information content (AvgIpc) is 2.14. The van der Waals surface area contributed by atoms with Crippen LogP contribution in [0.5, 0.6) is 23.1 Å². The van der Waals surface area contributed by atoms with Crippen LogP contribution in [0.1, 0.15) is 102 Å². The molecule has 2 aliphatic heterocycles. The van der Waals surface area contributed by atoms with Gasteiger partial charge in [-0.15, -0.1) is 8.42 Å². The second-order valence-electron chi connectivity index (χ2n) is 25.2. The van der Waals surface area contributed by atoms with E-state index < -0.39 is 127 Å². The summed E-state index contributed by atoms with van der Waals surface area (Å²) in [7, 11) is -12.1. The van der Waals surface area contributed by atoms with Gasteiger partial charge in [0.05, 0.1) is 12.9 Å². The van der Waals surface area contributed by atoms with Crippen LogP contribution >= 0.6 is 0 Å². The second-order valence-corrected chi connectivity index (χ2v) is 40.6. The number of carbonyl (C=O) groups excluding carboxylic acids is 4. The molecule has 28 heteroatoms. The van der Waals surface area contributed by atoms with Crippen molar-refractivity contribution < 1.29 is 87.1 Å². The number of esters is 4. The summed E-state index contributed by atoms with van der Waals surface area (Å²) in [6.07, 6.45) is -8.46. The Kier molecular flexibility index (Phi) is 20.4. The first-order valence-electron chi connectivity index (χ1n) is 27.3. The second kappa shape index (κ2) is 25.5. The molecule has 0 spiro atoms. The summed E-state index contributed by atoms with van der Waals surface area (Å²) >= 11 is 0. The average molecular weight is 1230 g/mol. The van der Waals surface area contributed by atoms with Gasteiger partial charge in [0.25, 0.3) is 0 Å². The molecule has 4 heterocycles. The summed E-state index contributed by atoms with van der Waals surface area (Å²) < 4.78 is 108. The van der Waals surface area contributed by atoms with E-state index in [1.165, 1.54) is 36.4 Å². The summed E-state index contributed by atoms with van der Waals surface area (Å²) in [6.45, 7) is 37.1. The third-order valence-corrected chi connectivity index (χ3v) is 29.8. The molecule has 0 bridgehead atoms. The number of para-hydroxylation sites is 2. The lowest BCUT2D eigenvalue weighted by Crippen LogP contribution is -2.63. The molecule has 0 radical (unpaired) electrons. The third kappa shape index (κ3) is 16.6. The van der Waals surface area contributed by atoms with Gasteiger partial charge < -0.3 is 65.3 Å². The topological polar surface area (TPSA) is 292 Å². The van der Waals surface area contributed by atoms with E-state index in [4.69, 9.17) is 70.3 Å². The number of nitrogen functional groups attached to an aromatic ring is 1. The van der Waals surface area contributed by atoms with Crippen molar-refractivity contribution in [3.05, 3.63) is 60.4 Å². The van der Waals surface area contributed by atoms with Crippen molar-refractivity contribution in [1.29, 1.82) is 0 Å². The summed E-state index contributed by atoms with van der Waals surface area (Å²) in [4.78, 5) is 62.6. The van der Waals surface area contributed by atoms with Crippen LogP contribution in [0, 0.1) is 0 Å². The number of nitrogens with two attached hydrogens (primary N) is 1. The zero-order valence-corrected chi connectivity index (χ0v) is 54.9. The molecule has 2 aromatic heterocycles. The summed E-state index contributed by atoms with van der Waals surface area (Å²) in [5.74, 6) is -4.11. The molecule has 2 aromatic carbocycles. The zero-order chi connectivity index (χ0) is 62.0. The Bertz CT molecular complexity index is 3070. The maximum atomic E-state index is 13.5. The molecule has 0 saturated carbocycles. The predicted molar refractivity (Wildman–Crippen MR) is 311 cm³/mol. The largest absolute Gasteiger partial charge is 0.501 e. The van der Waals surface area contributed by atoms with Crippen LogP contribution in [0.2, 0.25) is 54.4 Å². The van der Waals surface area contributed by atoms with E-state index in [1.807, 2.05) is 4.57 Å². The molecule has 2 fully saturated rings. The summed E-state index contributed by atoms with van der Waals surface area (Å²) in [5, 5.41) is -0.352. The van der Waals surface area contributed by atoms with Crippen LogP contribution in [0.3, 0.4) is 0 Å². The van der Waals surface area contributed by atoms with Crippen LogP contribution < -0.4 is 23.6 Å². The highest BCUT2D eigenvalue weighted by Crippen LogP contribution is 2.47. The quantitative estimate of drug-likeness (QED) is 0.0436. The number of rotatable bonds is 22. The lowest BCUT2D eigenvalue weighted by Gasteiger charge is -2.44. The van der Waals surface area contributed by atoms with Crippen molar-refractivity contribution in [3.8, 4) is 23.1 Å². The Morgan fingerprint density at radius 3 is 1.71 bits per heavy atom. The zero-order valence-electron chi connectivity index (χ0n) is 51.0. The van der Waals surface area contributed by atoms with Gasteiger partial charge in [0.2, 0.25) is 24.2 Å². The molecular formula is C55H83N5O19SSi3. The van der Waals surface area contributed by atoms with Gasteiger partial charge in [0.1, 0.15) is 43.4 Å². The van der Waals surface area contributed by atoms with Gasteiger partial charge in [0.15, 0.2) is 66.1 Å². The van der Waals surface area contributed by atoms with E-state index in [1.54, 1.807) is 18.5 Å². The number of imidazole rings is 1. The van der Waals surface area contributed by atoms with Gasteiger partial charge in [-0.25, -0.2) is 4.98 Å². The number of anilines is 1. The summed E-state index contributed by atoms with van der Waals surface area (Å²) in [5.41, 5.74) is 7.63. The minimum Gasteiger partial charge on any atom is -0.471 e. The van der Waals surface area contributed by atoms with Gasteiger partial charge in [-0.2, -0.15) is 9.97 Å². The fourth-order valence-corrected chi connectivity index (χ4v) is 12.5. The number of ether oxygens (including phenoxy) is 8. The maximum absolute atomic E-state index is 13.5. The van der Waals surface area contributed by atoms with Crippen molar-refractivity contribution in [2.75, 3.05) is 18.9 Å². The van der Waals surface area contributed by atoms with Crippen LogP contribution in [0.25, 0.3) is 11.2 Å². The standard InChI is InChI=1S/C55H83N5O19SSi3/c1-32(61)67-29-40-43(70-33(2)62)45(71-34(3)63)47(72-35(4)64)51(75-40)74-38-22-20-21-23-39(38)77-80(65,66)76-37-26-24-36(25-27-37)28-68-49-42-48(58-52(56)59-49)60(31-57-42)50-46(79-83(18,19)55(11,12)13)44(78-82(16,17)54(8,9)10)41(73-50)30-69-81(14,15)53(5,6)7/h20-27,31,40-41,43-47,50-51H,28-30H2,1-19H3,(H2,56,58,59)/t40-,41-,43+,44?,45+,46+,47-,50-,51?/m1/s1. The smallest absolute Gasteiger partial charge is 0.471 e. The molecule has 0 aliphatic carbocycles. The summed E-state index contributed by atoms with van der Waals surface area (Å²) in [6, 6.07) is 11.4. The van der Waals surface area contributed by atoms with E-state index in [-0.39, 0.29) is 51.7 Å². The molecule has 4 aromatic rings. The number of aromatic nitrogens is 4. The Balaban J connectivity index is 1.23. The van der Waals surface area contributed by atoms with Crippen LogP contribution in [-0.4, -0.2) is 139 Å². The molecule has 460 valence electrons. The molecule has 2 N–H and O–H groups in total. The van der Waals surface area contributed by atoms with Crippen molar-refractivity contribution in [1.82, 2.24) is 19.5 Å². The van der Waals surface area contributed by atoms with E-state index >= 15 is 0 Å². The SMILES string of the molecule is CC(=O)OC[C@H]1OC(Oc2ccccc2OS(=O)(=O)Oc2ccc(COc3nc(N)nc4c3ncn4[C@@H]3O[C@H](CO[Si](C)(C)C(C)(C)C)C(O[Si](C)(C)C(C)(C)C)[C@@H]3O[Si](C)(C)C(C)(C)C)cc2)[C@H](OC(C)=O)[C@@H](OC(C)=O)[C@H]1OC(C)=O. The van der Waals surface area contributed by atoms with E-state index in [0.717, 1.165) is 27.7 Å². The lowest BCUT2D eigenvalue weighted by atomic mass is 9.98. The highest BCUT2D eigenvalue weighted by Gasteiger charge is 2.56. The number of hydrogen-bond donors (Lipinski definition) is 1. The molecule has 24 nitrogen and oxygen atoms in total. The number of fused-ring (bicyclic) bond motifs is 1. The normalized spacial score (nSPS) is 22.8. The molecule has 2 saturated heterocycles. The third-order valence-electron chi connectivity index (χ3n) is 15.6. The molecule has 0 amide bonds. The maximum Gasteiger partial charge on any atom is 0.501 e. The van der Waals surface area contributed by atoms with Crippen LogP contribution in [0.15, 0.2) is 54.9 Å². The monoisotopic (exact) mass is 1230 g/mol. The molecule has 9 atom stereocenters. The van der Waals surface area contributed by atoms with Gasteiger partial charge in [-0.05, 0) is 84.2 Å². The minimum absolute atomic E-state index is 0.0557. The first-order chi connectivity index (χ1) is 38.2. The highest BCUT2D eigenvalue weighted by molar-refractivity contribution is 7.82. The molecular weight excluding hydrogens is 1150 g/mol.